The molecule has 0 saturated heterocycles. The van der Waals surface area contributed by atoms with Crippen LogP contribution in [-0.2, 0) is 0 Å². The first-order valence-corrected chi connectivity index (χ1v) is 7.02. The normalized spacial score (nSPS) is 12.0. The lowest BCUT2D eigenvalue weighted by molar-refractivity contribution is 0.0956. The zero-order chi connectivity index (χ0) is 15.4. The van der Waals surface area contributed by atoms with E-state index < -0.39 is 0 Å². The van der Waals surface area contributed by atoms with Gasteiger partial charge >= 0.3 is 0 Å². The Morgan fingerprint density at radius 2 is 2.10 bits per heavy atom. The van der Waals surface area contributed by atoms with Crippen LogP contribution >= 0.6 is 0 Å². The molecule has 5 nitrogen and oxygen atoms in total. The second-order valence-electron chi connectivity index (χ2n) is 4.98. The van der Waals surface area contributed by atoms with Gasteiger partial charge in [-0.1, -0.05) is 0 Å². The SMILES string of the molecule is CCNC(=O)c1ccc(NC(C)c2ccc(C)o2)c(N)c1. The van der Waals surface area contributed by atoms with Gasteiger partial charge in [0.05, 0.1) is 17.4 Å². The summed E-state index contributed by atoms with van der Waals surface area (Å²) in [5, 5.41) is 6.04. The highest BCUT2D eigenvalue weighted by molar-refractivity contribution is 5.96. The molecule has 112 valence electrons. The molecule has 0 spiro atoms. The van der Waals surface area contributed by atoms with E-state index in [1.54, 1.807) is 12.1 Å². The maximum Gasteiger partial charge on any atom is 0.251 e. The molecule has 0 aliphatic rings. The van der Waals surface area contributed by atoms with Crippen LogP contribution in [-0.4, -0.2) is 12.5 Å². The lowest BCUT2D eigenvalue weighted by atomic mass is 10.1. The van der Waals surface area contributed by atoms with E-state index in [9.17, 15) is 4.79 Å². The van der Waals surface area contributed by atoms with Crippen LogP contribution in [0.25, 0.3) is 0 Å². The number of furan rings is 1. The molecule has 2 aromatic rings. The van der Waals surface area contributed by atoms with E-state index in [0.29, 0.717) is 17.8 Å². The van der Waals surface area contributed by atoms with Crippen molar-refractivity contribution in [2.24, 2.45) is 0 Å². The molecule has 1 aromatic carbocycles. The Kier molecular flexibility index (Phi) is 4.52. The molecule has 0 radical (unpaired) electrons. The van der Waals surface area contributed by atoms with Crippen molar-refractivity contribution in [2.45, 2.75) is 26.8 Å². The van der Waals surface area contributed by atoms with Crippen LogP contribution in [0.2, 0.25) is 0 Å². The quantitative estimate of drug-likeness (QED) is 0.738. The number of nitrogen functional groups attached to an aromatic ring is 1. The van der Waals surface area contributed by atoms with Gasteiger partial charge in [0.1, 0.15) is 11.5 Å². The third-order valence-electron chi connectivity index (χ3n) is 3.21. The number of amides is 1. The van der Waals surface area contributed by atoms with E-state index in [1.807, 2.05) is 39.0 Å². The van der Waals surface area contributed by atoms with Gasteiger partial charge < -0.3 is 20.8 Å². The summed E-state index contributed by atoms with van der Waals surface area (Å²) in [6, 6.07) is 9.10. The number of carbonyl (C=O) groups is 1. The molecule has 1 heterocycles. The molecule has 1 atom stereocenters. The zero-order valence-corrected chi connectivity index (χ0v) is 12.6. The summed E-state index contributed by atoms with van der Waals surface area (Å²) in [4.78, 5) is 11.8. The van der Waals surface area contributed by atoms with Gasteiger partial charge in [0.25, 0.3) is 5.91 Å². The molecule has 0 fully saturated rings. The van der Waals surface area contributed by atoms with Crippen LogP contribution in [0.1, 0.15) is 41.8 Å². The predicted octanol–water partition coefficient (Wildman–Crippen LogP) is 3.09. The van der Waals surface area contributed by atoms with Crippen molar-refractivity contribution in [1.82, 2.24) is 5.32 Å². The van der Waals surface area contributed by atoms with E-state index >= 15 is 0 Å². The number of anilines is 2. The first-order chi connectivity index (χ1) is 10.0. The fraction of sp³-hybridized carbons (Fsp3) is 0.312. The van der Waals surface area contributed by atoms with E-state index in [2.05, 4.69) is 10.6 Å². The van der Waals surface area contributed by atoms with E-state index in [0.717, 1.165) is 17.2 Å². The molecule has 21 heavy (non-hydrogen) atoms. The largest absolute Gasteiger partial charge is 0.464 e. The second-order valence-corrected chi connectivity index (χ2v) is 4.98. The molecular formula is C16H21N3O2. The van der Waals surface area contributed by atoms with Gasteiger partial charge in [-0.05, 0) is 51.1 Å². The first kappa shape index (κ1) is 15.0. The summed E-state index contributed by atoms with van der Waals surface area (Å²) >= 11 is 0. The minimum atomic E-state index is -0.120. The summed E-state index contributed by atoms with van der Waals surface area (Å²) in [6.07, 6.45) is 0. The number of benzene rings is 1. The van der Waals surface area contributed by atoms with Crippen LogP contribution in [0.15, 0.2) is 34.7 Å². The highest BCUT2D eigenvalue weighted by atomic mass is 16.3. The van der Waals surface area contributed by atoms with Crippen molar-refractivity contribution < 1.29 is 9.21 Å². The van der Waals surface area contributed by atoms with Gasteiger partial charge in [-0.2, -0.15) is 0 Å². The van der Waals surface area contributed by atoms with Crippen molar-refractivity contribution in [3.63, 3.8) is 0 Å². The van der Waals surface area contributed by atoms with Crippen molar-refractivity contribution in [3.8, 4) is 0 Å². The van der Waals surface area contributed by atoms with E-state index in [-0.39, 0.29) is 11.9 Å². The summed E-state index contributed by atoms with van der Waals surface area (Å²) in [6.45, 7) is 6.37. The predicted molar refractivity (Wildman–Crippen MR) is 84.3 cm³/mol. The minimum absolute atomic E-state index is 0.00341. The van der Waals surface area contributed by atoms with E-state index in [1.165, 1.54) is 0 Å². The standard InChI is InChI=1S/C16H21N3O2/c1-4-18-16(20)12-6-7-14(13(17)9-12)19-11(3)15-8-5-10(2)21-15/h5-9,11,19H,4,17H2,1-3H3,(H,18,20). The Balaban J connectivity index is 2.12. The fourth-order valence-electron chi connectivity index (χ4n) is 2.09. The molecule has 0 bridgehead atoms. The molecule has 0 saturated carbocycles. The first-order valence-electron chi connectivity index (χ1n) is 7.02. The van der Waals surface area contributed by atoms with Crippen LogP contribution < -0.4 is 16.4 Å². The molecule has 0 aliphatic carbocycles. The van der Waals surface area contributed by atoms with Crippen LogP contribution in [0, 0.1) is 6.92 Å². The van der Waals surface area contributed by atoms with Crippen molar-refractivity contribution in [1.29, 1.82) is 0 Å². The van der Waals surface area contributed by atoms with Gasteiger partial charge in [-0.3, -0.25) is 4.79 Å². The maximum atomic E-state index is 11.8. The van der Waals surface area contributed by atoms with Crippen LogP contribution in [0.5, 0.6) is 0 Å². The summed E-state index contributed by atoms with van der Waals surface area (Å²) < 4.78 is 5.58. The Bertz CT molecular complexity index is 634. The second kappa shape index (κ2) is 6.35. The number of rotatable bonds is 5. The van der Waals surface area contributed by atoms with Crippen LogP contribution in [0.3, 0.4) is 0 Å². The molecule has 2 rings (SSSR count). The Morgan fingerprint density at radius 1 is 1.33 bits per heavy atom. The molecule has 5 heteroatoms. The molecule has 1 unspecified atom stereocenters. The summed E-state index contributed by atoms with van der Waals surface area (Å²) in [7, 11) is 0. The van der Waals surface area contributed by atoms with Gasteiger partial charge in [0.15, 0.2) is 0 Å². The Labute approximate surface area is 124 Å². The summed E-state index contributed by atoms with van der Waals surface area (Å²) in [5.74, 6) is 1.60. The topological polar surface area (TPSA) is 80.3 Å². The zero-order valence-electron chi connectivity index (χ0n) is 12.6. The number of hydrogen-bond acceptors (Lipinski definition) is 4. The lowest BCUT2D eigenvalue weighted by Crippen LogP contribution is -2.22. The molecular weight excluding hydrogens is 266 g/mol. The fourth-order valence-corrected chi connectivity index (χ4v) is 2.09. The van der Waals surface area contributed by atoms with Gasteiger partial charge in [0.2, 0.25) is 0 Å². The smallest absolute Gasteiger partial charge is 0.251 e. The number of aryl methyl sites for hydroxylation is 1. The van der Waals surface area contributed by atoms with Crippen molar-refractivity contribution in [3.05, 3.63) is 47.4 Å². The van der Waals surface area contributed by atoms with Crippen molar-refractivity contribution in [2.75, 3.05) is 17.6 Å². The number of hydrogen-bond donors (Lipinski definition) is 3. The van der Waals surface area contributed by atoms with Gasteiger partial charge in [0, 0.05) is 12.1 Å². The highest BCUT2D eigenvalue weighted by Gasteiger charge is 2.12. The van der Waals surface area contributed by atoms with Gasteiger partial charge in [-0.15, -0.1) is 0 Å². The molecule has 1 aromatic heterocycles. The highest BCUT2D eigenvalue weighted by Crippen LogP contribution is 2.26. The maximum absolute atomic E-state index is 11.8. The average Bonchev–Trinajstić information content (AvgIpc) is 2.88. The minimum Gasteiger partial charge on any atom is -0.464 e. The number of nitrogens with two attached hydrogens (primary N) is 1. The number of carbonyl (C=O) groups excluding carboxylic acids is 1. The third-order valence-corrected chi connectivity index (χ3v) is 3.21. The van der Waals surface area contributed by atoms with Crippen LogP contribution in [0.4, 0.5) is 11.4 Å². The Morgan fingerprint density at radius 3 is 2.67 bits per heavy atom. The molecule has 4 N–H and O–H groups in total. The lowest BCUT2D eigenvalue weighted by Gasteiger charge is -2.15. The molecule has 1 amide bonds. The van der Waals surface area contributed by atoms with E-state index in [4.69, 9.17) is 10.2 Å². The molecule has 0 aliphatic heterocycles. The Hall–Kier alpha value is -2.43. The monoisotopic (exact) mass is 287 g/mol. The van der Waals surface area contributed by atoms with Gasteiger partial charge in [-0.25, -0.2) is 0 Å². The average molecular weight is 287 g/mol. The third kappa shape index (κ3) is 3.56. The van der Waals surface area contributed by atoms with Crippen molar-refractivity contribution >= 4 is 17.3 Å². The number of nitrogens with one attached hydrogen (secondary N) is 2. The summed E-state index contributed by atoms with van der Waals surface area (Å²) in [5.41, 5.74) is 7.89.